The van der Waals surface area contributed by atoms with Gasteiger partial charge in [-0.15, -0.1) is 0 Å². The van der Waals surface area contributed by atoms with Crippen LogP contribution in [0.1, 0.15) is 10.4 Å². The van der Waals surface area contributed by atoms with Gasteiger partial charge in [-0.3, -0.25) is 4.79 Å². The van der Waals surface area contributed by atoms with Crippen molar-refractivity contribution in [3.05, 3.63) is 53.6 Å². The Morgan fingerprint density at radius 1 is 1.00 bits per heavy atom. The standard InChI is InChI=1S/C15H13F2NO3/c1-20-12-4-3-5-13(21-2)14(12)15(19)18-9-6-7-10(16)11(17)8-9/h3-8H,1-2H3,(H,18,19). The zero-order chi connectivity index (χ0) is 15.4. The van der Waals surface area contributed by atoms with E-state index in [-0.39, 0.29) is 11.3 Å². The first-order valence-corrected chi connectivity index (χ1v) is 6.04. The minimum Gasteiger partial charge on any atom is -0.496 e. The van der Waals surface area contributed by atoms with E-state index in [0.29, 0.717) is 11.5 Å². The molecule has 0 spiro atoms. The first-order valence-electron chi connectivity index (χ1n) is 6.04. The van der Waals surface area contributed by atoms with Crippen LogP contribution in [-0.4, -0.2) is 20.1 Å². The second kappa shape index (κ2) is 6.21. The van der Waals surface area contributed by atoms with Gasteiger partial charge >= 0.3 is 0 Å². The maximum atomic E-state index is 13.1. The number of hydrogen-bond donors (Lipinski definition) is 1. The molecule has 2 rings (SSSR count). The van der Waals surface area contributed by atoms with E-state index < -0.39 is 17.5 Å². The third kappa shape index (κ3) is 3.10. The highest BCUT2D eigenvalue weighted by molar-refractivity contribution is 6.08. The van der Waals surface area contributed by atoms with Gasteiger partial charge in [-0.2, -0.15) is 0 Å². The number of carbonyl (C=O) groups excluding carboxylic acids is 1. The van der Waals surface area contributed by atoms with Gasteiger partial charge in [0.15, 0.2) is 11.6 Å². The Bertz CT molecular complexity index is 652. The third-order valence-electron chi connectivity index (χ3n) is 2.83. The Kier molecular flexibility index (Phi) is 4.37. The number of nitrogens with one attached hydrogen (secondary N) is 1. The van der Waals surface area contributed by atoms with E-state index in [1.165, 1.54) is 20.3 Å². The number of ether oxygens (including phenoxy) is 2. The van der Waals surface area contributed by atoms with Crippen molar-refractivity contribution in [1.82, 2.24) is 0 Å². The van der Waals surface area contributed by atoms with Crippen LogP contribution in [0, 0.1) is 11.6 Å². The lowest BCUT2D eigenvalue weighted by atomic mass is 10.1. The normalized spacial score (nSPS) is 10.1. The first kappa shape index (κ1) is 14.8. The fourth-order valence-corrected chi connectivity index (χ4v) is 1.84. The average molecular weight is 293 g/mol. The quantitative estimate of drug-likeness (QED) is 0.941. The third-order valence-corrected chi connectivity index (χ3v) is 2.83. The Labute approximate surface area is 120 Å². The highest BCUT2D eigenvalue weighted by atomic mass is 19.2. The predicted molar refractivity (Wildman–Crippen MR) is 73.9 cm³/mol. The number of amides is 1. The molecule has 2 aromatic carbocycles. The lowest BCUT2D eigenvalue weighted by Gasteiger charge is -2.13. The molecular formula is C15H13F2NO3. The van der Waals surface area contributed by atoms with Crippen LogP contribution < -0.4 is 14.8 Å². The molecule has 0 aliphatic heterocycles. The molecule has 0 saturated carbocycles. The molecule has 21 heavy (non-hydrogen) atoms. The summed E-state index contributed by atoms with van der Waals surface area (Å²) in [4.78, 5) is 12.3. The summed E-state index contributed by atoms with van der Waals surface area (Å²) in [6, 6.07) is 7.97. The molecule has 0 atom stereocenters. The molecule has 6 heteroatoms. The fraction of sp³-hybridized carbons (Fsp3) is 0.133. The van der Waals surface area contributed by atoms with E-state index in [4.69, 9.17) is 9.47 Å². The molecule has 0 bridgehead atoms. The predicted octanol–water partition coefficient (Wildman–Crippen LogP) is 3.23. The molecule has 0 heterocycles. The second-order valence-corrected chi connectivity index (χ2v) is 4.12. The molecule has 0 aromatic heterocycles. The summed E-state index contributed by atoms with van der Waals surface area (Å²) in [7, 11) is 2.84. The van der Waals surface area contributed by atoms with Gasteiger partial charge in [-0.05, 0) is 24.3 Å². The van der Waals surface area contributed by atoms with Crippen molar-refractivity contribution in [3.8, 4) is 11.5 Å². The van der Waals surface area contributed by atoms with Crippen molar-refractivity contribution in [2.24, 2.45) is 0 Å². The molecule has 0 unspecified atom stereocenters. The summed E-state index contributed by atoms with van der Waals surface area (Å²) in [5, 5.41) is 2.47. The van der Waals surface area contributed by atoms with Gasteiger partial charge in [0.25, 0.3) is 5.91 Å². The Hall–Kier alpha value is -2.63. The van der Waals surface area contributed by atoms with Gasteiger partial charge in [-0.1, -0.05) is 6.07 Å². The molecule has 4 nitrogen and oxygen atoms in total. The molecule has 0 saturated heterocycles. The van der Waals surface area contributed by atoms with Crippen molar-refractivity contribution < 1.29 is 23.0 Å². The minimum absolute atomic E-state index is 0.131. The van der Waals surface area contributed by atoms with Crippen molar-refractivity contribution in [2.45, 2.75) is 0 Å². The number of methoxy groups -OCH3 is 2. The summed E-state index contributed by atoms with van der Waals surface area (Å²) in [5.74, 6) is -1.94. The van der Waals surface area contributed by atoms with Gasteiger partial charge in [0, 0.05) is 11.8 Å². The summed E-state index contributed by atoms with van der Waals surface area (Å²) in [6.45, 7) is 0. The largest absolute Gasteiger partial charge is 0.496 e. The van der Waals surface area contributed by atoms with Crippen LogP contribution >= 0.6 is 0 Å². The molecular weight excluding hydrogens is 280 g/mol. The molecule has 1 N–H and O–H groups in total. The maximum Gasteiger partial charge on any atom is 0.263 e. The number of carbonyl (C=O) groups is 1. The highest BCUT2D eigenvalue weighted by Gasteiger charge is 2.18. The van der Waals surface area contributed by atoms with Crippen LogP contribution in [0.4, 0.5) is 14.5 Å². The Morgan fingerprint density at radius 3 is 2.14 bits per heavy atom. The lowest BCUT2D eigenvalue weighted by molar-refractivity contribution is 0.102. The van der Waals surface area contributed by atoms with E-state index in [2.05, 4.69) is 5.32 Å². The van der Waals surface area contributed by atoms with Crippen LogP contribution in [0.25, 0.3) is 0 Å². The molecule has 2 aromatic rings. The van der Waals surface area contributed by atoms with Gasteiger partial charge in [-0.25, -0.2) is 8.78 Å². The first-order chi connectivity index (χ1) is 10.1. The minimum atomic E-state index is -1.04. The van der Waals surface area contributed by atoms with Crippen molar-refractivity contribution in [2.75, 3.05) is 19.5 Å². The Morgan fingerprint density at radius 2 is 1.62 bits per heavy atom. The van der Waals surface area contributed by atoms with Crippen LogP contribution in [0.2, 0.25) is 0 Å². The number of hydrogen-bond acceptors (Lipinski definition) is 3. The molecule has 0 aliphatic carbocycles. The van der Waals surface area contributed by atoms with E-state index in [9.17, 15) is 13.6 Å². The topological polar surface area (TPSA) is 47.6 Å². The maximum absolute atomic E-state index is 13.1. The molecule has 0 aliphatic rings. The van der Waals surface area contributed by atoms with E-state index in [1.54, 1.807) is 18.2 Å². The average Bonchev–Trinajstić information content (AvgIpc) is 2.49. The fourth-order valence-electron chi connectivity index (χ4n) is 1.84. The summed E-state index contributed by atoms with van der Waals surface area (Å²) >= 11 is 0. The molecule has 0 fully saturated rings. The van der Waals surface area contributed by atoms with Crippen LogP contribution in [-0.2, 0) is 0 Å². The molecule has 0 radical (unpaired) electrons. The molecule has 1 amide bonds. The number of rotatable bonds is 4. The van der Waals surface area contributed by atoms with Gasteiger partial charge in [0.2, 0.25) is 0 Å². The summed E-state index contributed by atoms with van der Waals surface area (Å²) < 4.78 is 36.2. The van der Waals surface area contributed by atoms with E-state index in [1.807, 2.05) is 0 Å². The van der Waals surface area contributed by atoms with Crippen molar-refractivity contribution in [3.63, 3.8) is 0 Å². The van der Waals surface area contributed by atoms with E-state index in [0.717, 1.165) is 12.1 Å². The number of benzene rings is 2. The summed E-state index contributed by atoms with van der Waals surface area (Å²) in [5.41, 5.74) is 0.305. The Balaban J connectivity index is 2.34. The van der Waals surface area contributed by atoms with Crippen LogP contribution in [0.5, 0.6) is 11.5 Å². The second-order valence-electron chi connectivity index (χ2n) is 4.12. The molecule has 110 valence electrons. The zero-order valence-corrected chi connectivity index (χ0v) is 11.4. The van der Waals surface area contributed by atoms with E-state index >= 15 is 0 Å². The van der Waals surface area contributed by atoms with Gasteiger partial charge in [0.05, 0.1) is 14.2 Å². The van der Waals surface area contributed by atoms with Gasteiger partial charge in [0.1, 0.15) is 17.1 Å². The summed E-state index contributed by atoms with van der Waals surface area (Å²) in [6.07, 6.45) is 0. The lowest BCUT2D eigenvalue weighted by Crippen LogP contribution is -2.14. The van der Waals surface area contributed by atoms with Crippen molar-refractivity contribution >= 4 is 11.6 Å². The van der Waals surface area contributed by atoms with Crippen LogP contribution in [0.3, 0.4) is 0 Å². The monoisotopic (exact) mass is 293 g/mol. The van der Waals surface area contributed by atoms with Crippen LogP contribution in [0.15, 0.2) is 36.4 Å². The van der Waals surface area contributed by atoms with Crippen molar-refractivity contribution in [1.29, 1.82) is 0 Å². The number of halogens is 2. The zero-order valence-electron chi connectivity index (χ0n) is 11.4. The smallest absolute Gasteiger partial charge is 0.263 e. The highest BCUT2D eigenvalue weighted by Crippen LogP contribution is 2.29. The SMILES string of the molecule is COc1cccc(OC)c1C(=O)Nc1ccc(F)c(F)c1. The van der Waals surface area contributed by atoms with Gasteiger partial charge < -0.3 is 14.8 Å². The number of anilines is 1.